The Balaban J connectivity index is 5.23. The zero-order valence-corrected chi connectivity index (χ0v) is 65.2. The summed E-state index contributed by atoms with van der Waals surface area (Å²) in [5.74, 6) is -0.625. The molecule has 0 saturated carbocycles. The highest BCUT2D eigenvalue weighted by molar-refractivity contribution is 7.47. The van der Waals surface area contributed by atoms with Crippen molar-refractivity contribution in [3.8, 4) is 0 Å². The molecule has 19 heteroatoms. The van der Waals surface area contributed by atoms with Gasteiger partial charge in [0.2, 0.25) is 0 Å². The highest BCUT2D eigenvalue weighted by Gasteiger charge is 2.30. The lowest BCUT2D eigenvalue weighted by Crippen LogP contribution is -2.30. The van der Waals surface area contributed by atoms with Crippen molar-refractivity contribution in [2.75, 3.05) is 39.6 Å². The van der Waals surface area contributed by atoms with E-state index < -0.39 is 97.5 Å². The van der Waals surface area contributed by atoms with Gasteiger partial charge < -0.3 is 33.8 Å². The molecule has 0 bridgehead atoms. The summed E-state index contributed by atoms with van der Waals surface area (Å²) in [5, 5.41) is 10.6. The molecule has 97 heavy (non-hydrogen) atoms. The van der Waals surface area contributed by atoms with Crippen molar-refractivity contribution in [3.63, 3.8) is 0 Å². The van der Waals surface area contributed by atoms with E-state index in [1.807, 2.05) is 0 Å². The van der Waals surface area contributed by atoms with Crippen LogP contribution in [0.3, 0.4) is 0 Å². The molecule has 0 rings (SSSR count). The number of carbonyl (C=O) groups is 4. The molecule has 0 spiro atoms. The van der Waals surface area contributed by atoms with Gasteiger partial charge in [0, 0.05) is 25.7 Å². The van der Waals surface area contributed by atoms with Crippen LogP contribution >= 0.6 is 15.6 Å². The van der Waals surface area contributed by atoms with Gasteiger partial charge in [0.15, 0.2) is 12.2 Å². The van der Waals surface area contributed by atoms with Crippen LogP contribution in [-0.4, -0.2) is 96.7 Å². The Hall–Kier alpha value is -1.94. The number of phosphoric ester groups is 2. The summed E-state index contributed by atoms with van der Waals surface area (Å²) in [6.45, 7) is 9.57. The number of aliphatic hydroxyl groups excluding tert-OH is 1. The maximum atomic E-state index is 13.1. The smallest absolute Gasteiger partial charge is 0.462 e. The van der Waals surface area contributed by atoms with Crippen molar-refractivity contribution in [1.29, 1.82) is 0 Å². The summed E-state index contributed by atoms with van der Waals surface area (Å²) in [4.78, 5) is 72.9. The fourth-order valence-electron chi connectivity index (χ4n) is 12.0. The molecule has 0 heterocycles. The normalized spacial score (nSPS) is 14.0. The summed E-state index contributed by atoms with van der Waals surface area (Å²) in [5.41, 5.74) is 0. The van der Waals surface area contributed by atoms with Crippen LogP contribution in [0.1, 0.15) is 408 Å². The second kappa shape index (κ2) is 69.8. The maximum absolute atomic E-state index is 13.1. The van der Waals surface area contributed by atoms with Crippen LogP contribution in [0.2, 0.25) is 0 Å². The van der Waals surface area contributed by atoms with E-state index in [2.05, 4.69) is 41.5 Å². The standard InChI is InChI=1S/C78H152O17P2/c1-7-9-11-13-15-17-19-21-22-23-24-25-26-28-34-38-44-51-57-63-78(83)94-73(66-88-75(80)60-54-48-42-36-32-30-29-31-35-40-46-52-58-70(3)4)68-92-96(84,85)90-64-72(79)65-91-97(86,87)93-69-74(67-89-76(81)61-55-49-45-39-41-47-53-59-71(5)6)95-77(82)62-56-50-43-37-33-27-20-18-16-14-12-10-8-2/h70-74,79H,7-69H2,1-6H3,(H,84,85)(H,86,87)/t72-,73-,74-/m1/s1. The molecule has 0 aromatic carbocycles. The lowest BCUT2D eigenvalue weighted by atomic mass is 10.0. The lowest BCUT2D eigenvalue weighted by Gasteiger charge is -2.21. The topological polar surface area (TPSA) is 237 Å². The van der Waals surface area contributed by atoms with Crippen LogP contribution < -0.4 is 0 Å². The first-order chi connectivity index (χ1) is 46.9. The Morgan fingerprint density at radius 3 is 0.701 bits per heavy atom. The van der Waals surface area contributed by atoms with Gasteiger partial charge in [-0.1, -0.05) is 356 Å². The Kier molecular flexibility index (Phi) is 68.4. The molecule has 17 nitrogen and oxygen atoms in total. The molecule has 0 saturated heterocycles. The fraction of sp³-hybridized carbons (Fsp3) is 0.949. The molecule has 0 fully saturated rings. The minimum atomic E-state index is -4.96. The van der Waals surface area contributed by atoms with E-state index in [1.54, 1.807) is 0 Å². The lowest BCUT2D eigenvalue weighted by molar-refractivity contribution is -0.161. The molecule has 0 aliphatic heterocycles. The SMILES string of the molecule is CCCCCCCCCCCCCCCCCCCCCC(=O)O[C@H](COC(=O)CCCCCCCCCCCCCCC(C)C)COP(=O)(O)OC[C@@H](O)COP(=O)(O)OC[C@@H](COC(=O)CCCCCCCCCC(C)C)OC(=O)CCCCCCCCCCCCCCC. The third-order valence-corrected chi connectivity index (χ3v) is 20.1. The van der Waals surface area contributed by atoms with Gasteiger partial charge in [-0.05, 0) is 37.5 Å². The third-order valence-electron chi connectivity index (χ3n) is 18.2. The highest BCUT2D eigenvalue weighted by atomic mass is 31.2. The van der Waals surface area contributed by atoms with Gasteiger partial charge in [-0.2, -0.15) is 0 Å². The Labute approximate surface area is 594 Å². The van der Waals surface area contributed by atoms with Gasteiger partial charge in [0.25, 0.3) is 0 Å². The maximum Gasteiger partial charge on any atom is 0.472 e. The number of hydrogen-bond acceptors (Lipinski definition) is 15. The number of phosphoric acid groups is 2. The van der Waals surface area contributed by atoms with Gasteiger partial charge in [0.1, 0.15) is 19.3 Å². The van der Waals surface area contributed by atoms with Crippen molar-refractivity contribution < 1.29 is 80.2 Å². The molecule has 576 valence electrons. The molecular formula is C78H152O17P2. The van der Waals surface area contributed by atoms with Crippen LogP contribution in [0, 0.1) is 11.8 Å². The van der Waals surface area contributed by atoms with Crippen LogP contribution in [0.25, 0.3) is 0 Å². The average molecular weight is 1420 g/mol. The van der Waals surface area contributed by atoms with Crippen molar-refractivity contribution in [2.45, 2.75) is 426 Å². The fourth-order valence-corrected chi connectivity index (χ4v) is 13.6. The van der Waals surface area contributed by atoms with E-state index in [0.29, 0.717) is 31.6 Å². The summed E-state index contributed by atoms with van der Waals surface area (Å²) >= 11 is 0. The quantitative estimate of drug-likeness (QED) is 0.0222. The first-order valence-electron chi connectivity index (χ1n) is 40.5. The zero-order chi connectivity index (χ0) is 71.4. The number of carbonyl (C=O) groups excluding carboxylic acids is 4. The number of rotatable bonds is 77. The molecule has 0 radical (unpaired) electrons. The molecule has 0 aliphatic carbocycles. The number of hydrogen-bond donors (Lipinski definition) is 3. The first-order valence-corrected chi connectivity index (χ1v) is 43.5. The highest BCUT2D eigenvalue weighted by Crippen LogP contribution is 2.45. The van der Waals surface area contributed by atoms with E-state index >= 15 is 0 Å². The average Bonchev–Trinajstić information content (AvgIpc) is 2.07. The van der Waals surface area contributed by atoms with Crippen molar-refractivity contribution in [2.24, 2.45) is 11.8 Å². The van der Waals surface area contributed by atoms with Gasteiger partial charge in [-0.15, -0.1) is 0 Å². The number of esters is 4. The van der Waals surface area contributed by atoms with Crippen LogP contribution in [0.4, 0.5) is 0 Å². The minimum Gasteiger partial charge on any atom is -0.462 e. The second-order valence-corrected chi connectivity index (χ2v) is 32.0. The number of unbranched alkanes of at least 4 members (excludes halogenated alkanes) is 47. The van der Waals surface area contributed by atoms with Gasteiger partial charge in [-0.25, -0.2) is 9.13 Å². The molecule has 0 aromatic rings. The molecule has 3 N–H and O–H groups in total. The van der Waals surface area contributed by atoms with Gasteiger partial charge >= 0.3 is 39.5 Å². The molecule has 0 aromatic heterocycles. The van der Waals surface area contributed by atoms with Crippen molar-refractivity contribution in [1.82, 2.24) is 0 Å². The summed E-state index contributed by atoms with van der Waals surface area (Å²) < 4.78 is 68.6. The molecule has 5 atom stereocenters. The Bertz CT molecular complexity index is 1870. The number of ether oxygens (including phenoxy) is 4. The third kappa shape index (κ3) is 72.2. The largest absolute Gasteiger partial charge is 0.472 e. The molecule has 0 aliphatic rings. The first kappa shape index (κ1) is 95.1. The molecular weight excluding hydrogens is 1270 g/mol. The Morgan fingerprint density at radius 2 is 0.474 bits per heavy atom. The van der Waals surface area contributed by atoms with E-state index in [9.17, 15) is 43.2 Å². The van der Waals surface area contributed by atoms with E-state index in [-0.39, 0.29) is 25.7 Å². The summed E-state index contributed by atoms with van der Waals surface area (Å²) in [6, 6.07) is 0. The predicted molar refractivity (Wildman–Crippen MR) is 395 cm³/mol. The Morgan fingerprint density at radius 1 is 0.278 bits per heavy atom. The van der Waals surface area contributed by atoms with Crippen LogP contribution in [0.15, 0.2) is 0 Å². The second-order valence-electron chi connectivity index (χ2n) is 29.1. The van der Waals surface area contributed by atoms with Crippen LogP contribution in [-0.2, 0) is 65.4 Å². The molecule has 2 unspecified atom stereocenters. The predicted octanol–water partition coefficient (Wildman–Crippen LogP) is 23.1. The van der Waals surface area contributed by atoms with Crippen molar-refractivity contribution >= 4 is 39.5 Å². The zero-order valence-electron chi connectivity index (χ0n) is 63.4. The minimum absolute atomic E-state index is 0.107. The van der Waals surface area contributed by atoms with Gasteiger partial charge in [-0.3, -0.25) is 37.3 Å². The van der Waals surface area contributed by atoms with E-state index in [4.69, 9.17) is 37.0 Å². The summed E-state index contributed by atoms with van der Waals surface area (Å²) in [6.07, 6.45) is 58.3. The number of aliphatic hydroxyl groups is 1. The van der Waals surface area contributed by atoms with Crippen LogP contribution in [0.5, 0.6) is 0 Å². The van der Waals surface area contributed by atoms with Gasteiger partial charge in [0.05, 0.1) is 26.4 Å². The van der Waals surface area contributed by atoms with E-state index in [0.717, 1.165) is 102 Å². The van der Waals surface area contributed by atoms with E-state index in [1.165, 1.54) is 218 Å². The molecule has 0 amide bonds. The summed E-state index contributed by atoms with van der Waals surface area (Å²) in [7, 11) is -9.91. The monoisotopic (exact) mass is 1420 g/mol. The van der Waals surface area contributed by atoms with Crippen molar-refractivity contribution in [3.05, 3.63) is 0 Å².